The van der Waals surface area contributed by atoms with Gasteiger partial charge in [0.05, 0.1) is 6.61 Å². The molecule has 0 heterocycles. The van der Waals surface area contributed by atoms with Gasteiger partial charge in [-0.2, -0.15) is 0 Å². The largest absolute Gasteiger partial charge is 0.450 e. The molecule has 0 aliphatic heterocycles. The van der Waals surface area contributed by atoms with E-state index in [0.29, 0.717) is 19.7 Å². The van der Waals surface area contributed by atoms with Crippen LogP contribution in [0.15, 0.2) is 0 Å². The van der Waals surface area contributed by atoms with Crippen molar-refractivity contribution >= 4 is 14.2 Å². The molecule has 1 atom stereocenters. The molecule has 0 fully saturated rings. The van der Waals surface area contributed by atoms with E-state index >= 15 is 0 Å². The first-order valence-electron chi connectivity index (χ1n) is 6.71. The third-order valence-corrected chi connectivity index (χ3v) is 4.36. The number of hydrogen-bond donors (Lipinski definition) is 3. The number of nitrogens with one attached hydrogen (secondary N) is 1. The van der Waals surface area contributed by atoms with Crippen LogP contribution in [0.3, 0.4) is 0 Å². The maximum atomic E-state index is 11.3. The van der Waals surface area contributed by atoms with E-state index in [-0.39, 0.29) is 12.1 Å². The predicted octanol–water partition coefficient (Wildman–Crippen LogP) is 1.51. The molecule has 0 aromatic heterocycles. The van der Waals surface area contributed by atoms with Crippen molar-refractivity contribution < 1.29 is 9.53 Å². The summed E-state index contributed by atoms with van der Waals surface area (Å²) in [5.74, 6) is 0. The molecule has 0 saturated heterocycles. The van der Waals surface area contributed by atoms with Gasteiger partial charge < -0.3 is 21.5 Å². The lowest BCUT2D eigenvalue weighted by atomic mass is 10.1. The first-order chi connectivity index (χ1) is 8.35. The van der Waals surface area contributed by atoms with Crippen molar-refractivity contribution in [3.05, 3.63) is 0 Å². The van der Waals surface area contributed by atoms with E-state index in [4.69, 9.17) is 16.2 Å². The SMILES string of the molecule is C[Si](C)(C)CCOC(=O)NCCCCC(N)CN. The van der Waals surface area contributed by atoms with Gasteiger partial charge in [0.15, 0.2) is 0 Å². The summed E-state index contributed by atoms with van der Waals surface area (Å²) in [5, 5.41) is 2.74. The zero-order valence-corrected chi connectivity index (χ0v) is 13.0. The first kappa shape index (κ1) is 17.4. The Bertz CT molecular complexity index is 232. The third kappa shape index (κ3) is 11.9. The quantitative estimate of drug-likeness (QED) is 0.439. The summed E-state index contributed by atoms with van der Waals surface area (Å²) in [6, 6.07) is 1.08. The number of alkyl carbamates (subject to hydrolysis) is 1. The summed E-state index contributed by atoms with van der Waals surface area (Å²) < 4.78 is 5.11. The average molecular weight is 275 g/mol. The van der Waals surface area contributed by atoms with Crippen LogP contribution in [-0.4, -0.2) is 39.9 Å². The van der Waals surface area contributed by atoms with Crippen molar-refractivity contribution in [3.8, 4) is 0 Å². The Labute approximate surface area is 112 Å². The van der Waals surface area contributed by atoms with E-state index in [1.54, 1.807) is 0 Å². The third-order valence-electron chi connectivity index (χ3n) is 2.66. The number of rotatable bonds is 9. The lowest BCUT2D eigenvalue weighted by Gasteiger charge is -2.15. The van der Waals surface area contributed by atoms with Crippen LogP contribution in [0.5, 0.6) is 0 Å². The Kier molecular flexibility index (Phi) is 9.04. The summed E-state index contributed by atoms with van der Waals surface area (Å²) in [4.78, 5) is 11.3. The van der Waals surface area contributed by atoms with Crippen LogP contribution in [0.4, 0.5) is 4.79 Å². The van der Waals surface area contributed by atoms with Crippen molar-refractivity contribution in [3.63, 3.8) is 0 Å². The van der Waals surface area contributed by atoms with Crippen LogP contribution in [0.2, 0.25) is 25.7 Å². The molecule has 0 aromatic carbocycles. The van der Waals surface area contributed by atoms with E-state index in [2.05, 4.69) is 25.0 Å². The van der Waals surface area contributed by atoms with Gasteiger partial charge in [-0.1, -0.05) is 26.1 Å². The fourth-order valence-electron chi connectivity index (χ4n) is 1.34. The predicted molar refractivity (Wildman–Crippen MR) is 78.4 cm³/mol. The molecule has 5 nitrogen and oxygen atoms in total. The lowest BCUT2D eigenvalue weighted by molar-refractivity contribution is 0.151. The molecule has 18 heavy (non-hydrogen) atoms. The van der Waals surface area contributed by atoms with Crippen molar-refractivity contribution in [2.24, 2.45) is 11.5 Å². The molecule has 0 radical (unpaired) electrons. The van der Waals surface area contributed by atoms with Crippen molar-refractivity contribution in [1.82, 2.24) is 5.32 Å². The second kappa shape index (κ2) is 9.35. The zero-order valence-electron chi connectivity index (χ0n) is 12.0. The van der Waals surface area contributed by atoms with E-state index in [0.717, 1.165) is 25.3 Å². The number of unbranched alkanes of at least 4 members (excludes halogenated alkanes) is 1. The van der Waals surface area contributed by atoms with Gasteiger partial charge in [-0.05, 0) is 18.9 Å². The van der Waals surface area contributed by atoms with Crippen molar-refractivity contribution in [2.75, 3.05) is 19.7 Å². The molecule has 1 unspecified atom stereocenters. The van der Waals surface area contributed by atoms with Crippen LogP contribution >= 0.6 is 0 Å². The highest BCUT2D eigenvalue weighted by atomic mass is 28.3. The minimum Gasteiger partial charge on any atom is -0.450 e. The maximum absolute atomic E-state index is 11.3. The van der Waals surface area contributed by atoms with Crippen molar-refractivity contribution in [1.29, 1.82) is 0 Å². The molecule has 5 N–H and O–H groups in total. The molecule has 0 aromatic rings. The topological polar surface area (TPSA) is 90.4 Å². The fourth-order valence-corrected chi connectivity index (χ4v) is 2.06. The number of amides is 1. The van der Waals surface area contributed by atoms with Crippen LogP contribution in [0, 0.1) is 0 Å². The number of carbonyl (C=O) groups is 1. The number of hydrogen-bond acceptors (Lipinski definition) is 4. The highest BCUT2D eigenvalue weighted by molar-refractivity contribution is 6.76. The molecular weight excluding hydrogens is 246 g/mol. The summed E-state index contributed by atoms with van der Waals surface area (Å²) in [6.07, 6.45) is 2.49. The molecule has 0 aliphatic rings. The Morgan fingerprint density at radius 3 is 2.56 bits per heavy atom. The molecule has 108 valence electrons. The van der Waals surface area contributed by atoms with Crippen LogP contribution in [-0.2, 0) is 4.74 Å². The average Bonchev–Trinajstić information content (AvgIpc) is 2.26. The second-order valence-corrected chi connectivity index (χ2v) is 11.5. The lowest BCUT2D eigenvalue weighted by Crippen LogP contribution is -2.30. The van der Waals surface area contributed by atoms with Crippen LogP contribution in [0.1, 0.15) is 19.3 Å². The van der Waals surface area contributed by atoms with Gasteiger partial charge in [0.25, 0.3) is 0 Å². The molecule has 0 rings (SSSR count). The van der Waals surface area contributed by atoms with Crippen molar-refractivity contribution in [2.45, 2.75) is 51.0 Å². The Hall–Kier alpha value is -0.593. The molecule has 0 spiro atoms. The summed E-state index contributed by atoms with van der Waals surface area (Å²) in [6.45, 7) is 8.47. The van der Waals surface area contributed by atoms with Gasteiger partial charge in [0.2, 0.25) is 0 Å². The minimum absolute atomic E-state index is 0.0775. The van der Waals surface area contributed by atoms with Crippen LogP contribution < -0.4 is 16.8 Å². The zero-order chi connectivity index (χ0) is 14.0. The summed E-state index contributed by atoms with van der Waals surface area (Å²) in [7, 11) is -1.12. The van der Waals surface area contributed by atoms with Gasteiger partial charge in [0, 0.05) is 27.2 Å². The van der Waals surface area contributed by atoms with E-state index in [1.165, 1.54) is 0 Å². The van der Waals surface area contributed by atoms with Gasteiger partial charge >= 0.3 is 6.09 Å². The van der Waals surface area contributed by atoms with E-state index in [1.807, 2.05) is 0 Å². The molecular formula is C12H29N3O2Si. The highest BCUT2D eigenvalue weighted by Crippen LogP contribution is 2.07. The molecule has 6 heteroatoms. The van der Waals surface area contributed by atoms with Gasteiger partial charge in [-0.25, -0.2) is 4.79 Å². The number of nitrogens with two attached hydrogens (primary N) is 2. The van der Waals surface area contributed by atoms with Gasteiger partial charge in [-0.3, -0.25) is 0 Å². The number of carbonyl (C=O) groups excluding carboxylic acids is 1. The second-order valence-electron chi connectivity index (χ2n) is 5.86. The maximum Gasteiger partial charge on any atom is 0.407 e. The highest BCUT2D eigenvalue weighted by Gasteiger charge is 2.13. The molecule has 0 aliphatic carbocycles. The monoisotopic (exact) mass is 275 g/mol. The van der Waals surface area contributed by atoms with E-state index < -0.39 is 8.07 Å². The first-order valence-corrected chi connectivity index (χ1v) is 10.4. The molecule has 1 amide bonds. The van der Waals surface area contributed by atoms with E-state index in [9.17, 15) is 4.79 Å². The molecule has 0 bridgehead atoms. The van der Waals surface area contributed by atoms with Gasteiger partial charge in [0.1, 0.15) is 0 Å². The Morgan fingerprint density at radius 1 is 1.33 bits per heavy atom. The standard InChI is InChI=1S/C12H29N3O2Si/c1-18(2,3)9-8-17-12(16)15-7-5-4-6-11(14)10-13/h11H,4-10,13-14H2,1-3H3,(H,15,16). The minimum atomic E-state index is -1.12. The summed E-state index contributed by atoms with van der Waals surface area (Å²) in [5.41, 5.74) is 11.1. The summed E-state index contributed by atoms with van der Waals surface area (Å²) >= 11 is 0. The fraction of sp³-hybridized carbons (Fsp3) is 0.917. The number of ether oxygens (including phenoxy) is 1. The molecule has 0 saturated carbocycles. The Morgan fingerprint density at radius 2 is 2.00 bits per heavy atom. The Balaban J connectivity index is 3.38. The normalized spacial score (nSPS) is 13.2. The van der Waals surface area contributed by atoms with Crippen LogP contribution in [0.25, 0.3) is 0 Å². The smallest absolute Gasteiger partial charge is 0.407 e. The van der Waals surface area contributed by atoms with Gasteiger partial charge in [-0.15, -0.1) is 0 Å².